The molecule has 12 heteroatoms. The molecule has 2 unspecified atom stereocenters. The molecule has 1 aliphatic heterocycles. The van der Waals surface area contributed by atoms with Crippen LogP contribution in [0.5, 0.6) is 5.75 Å². The fourth-order valence-electron chi connectivity index (χ4n) is 6.85. The molecular weight excluding hydrogens is 520 g/mol. The van der Waals surface area contributed by atoms with Gasteiger partial charge in [0.15, 0.2) is 0 Å². The first-order valence-electron chi connectivity index (χ1n) is 13.1. The maximum atomic E-state index is 13.3. The highest BCUT2D eigenvalue weighted by Gasteiger charge is 2.52. The second-order valence-electron chi connectivity index (χ2n) is 11.5. The maximum absolute atomic E-state index is 13.3. The van der Waals surface area contributed by atoms with Crippen molar-refractivity contribution in [3.8, 4) is 16.9 Å². The number of imidazole rings is 1. The van der Waals surface area contributed by atoms with Crippen molar-refractivity contribution in [1.29, 1.82) is 0 Å². The summed E-state index contributed by atoms with van der Waals surface area (Å²) in [5.41, 5.74) is 9.32. The van der Waals surface area contributed by atoms with Crippen LogP contribution >= 0.6 is 0 Å². The molecule has 1 amide bonds. The van der Waals surface area contributed by atoms with Gasteiger partial charge >= 0.3 is 6.61 Å². The summed E-state index contributed by atoms with van der Waals surface area (Å²) in [5.74, 6) is 0.289. The van der Waals surface area contributed by atoms with E-state index in [0.717, 1.165) is 16.8 Å². The molecule has 0 spiro atoms. The number of fused-ring (bicyclic) bond motifs is 9. The van der Waals surface area contributed by atoms with Gasteiger partial charge in [-0.05, 0) is 36.8 Å². The number of amides is 1. The lowest BCUT2D eigenvalue weighted by molar-refractivity contribution is -0.0506. The van der Waals surface area contributed by atoms with Crippen molar-refractivity contribution in [3.63, 3.8) is 0 Å². The summed E-state index contributed by atoms with van der Waals surface area (Å²) in [6, 6.07) is 4.34. The number of hydrogen-bond donors (Lipinski definition) is 2. The summed E-state index contributed by atoms with van der Waals surface area (Å²) in [7, 11) is 1.70. The van der Waals surface area contributed by atoms with Gasteiger partial charge in [-0.1, -0.05) is 13.0 Å². The molecule has 0 saturated heterocycles. The smallest absolute Gasteiger partial charge is 0.387 e. The minimum Gasteiger partial charge on any atom is -0.434 e. The van der Waals surface area contributed by atoms with Crippen molar-refractivity contribution in [2.45, 2.75) is 50.3 Å². The fraction of sp³-hybridized carbons (Fsp3) is 0.393. The van der Waals surface area contributed by atoms with Crippen LogP contribution < -0.4 is 10.5 Å². The van der Waals surface area contributed by atoms with E-state index in [1.807, 2.05) is 17.5 Å². The topological polar surface area (TPSA) is 132 Å². The Bertz CT molecular complexity index is 1670. The van der Waals surface area contributed by atoms with Gasteiger partial charge in [-0.15, -0.1) is 0 Å². The zero-order valence-corrected chi connectivity index (χ0v) is 21.9. The highest BCUT2D eigenvalue weighted by molar-refractivity contribution is 5.98. The molecule has 3 aliphatic rings. The average Bonchev–Trinajstić information content (AvgIpc) is 3.45. The molecule has 3 N–H and O–H groups in total. The van der Waals surface area contributed by atoms with Gasteiger partial charge in [0.05, 0.1) is 23.0 Å². The normalized spacial score (nSPS) is 27.0. The van der Waals surface area contributed by atoms with Gasteiger partial charge in [0, 0.05) is 66.6 Å². The highest BCUT2D eigenvalue weighted by atomic mass is 19.3. The number of halogens is 2. The summed E-state index contributed by atoms with van der Waals surface area (Å²) in [4.78, 5) is 33.3. The third-order valence-corrected chi connectivity index (χ3v) is 8.60. The van der Waals surface area contributed by atoms with Crippen LogP contribution in [0.3, 0.4) is 0 Å². The number of nitrogens with two attached hydrogens (primary N) is 1. The summed E-state index contributed by atoms with van der Waals surface area (Å²) in [6.45, 7) is -0.970. The zero-order valence-electron chi connectivity index (χ0n) is 21.9. The number of aliphatic hydroxyl groups is 1. The first kappa shape index (κ1) is 25.0. The van der Waals surface area contributed by atoms with Gasteiger partial charge in [-0.2, -0.15) is 8.78 Å². The molecule has 2 atom stereocenters. The molecular formula is C28H27F2N7O3. The van der Waals surface area contributed by atoms with Crippen LogP contribution in [-0.4, -0.2) is 60.5 Å². The Morgan fingerprint density at radius 2 is 1.90 bits per heavy atom. The third kappa shape index (κ3) is 3.55. The Labute approximate surface area is 227 Å². The molecule has 0 radical (unpaired) electrons. The van der Waals surface area contributed by atoms with E-state index in [1.165, 1.54) is 6.07 Å². The summed E-state index contributed by atoms with van der Waals surface area (Å²) >= 11 is 0. The zero-order chi connectivity index (χ0) is 28.0. The molecule has 10 nitrogen and oxygen atoms in total. The van der Waals surface area contributed by atoms with Crippen molar-refractivity contribution in [2.24, 2.45) is 11.1 Å². The van der Waals surface area contributed by atoms with E-state index in [4.69, 9.17) is 15.5 Å². The molecule has 4 heterocycles. The van der Waals surface area contributed by atoms with Crippen LogP contribution in [0, 0.1) is 5.41 Å². The van der Waals surface area contributed by atoms with Gasteiger partial charge in [0.2, 0.25) is 5.78 Å². The van der Waals surface area contributed by atoms with Gasteiger partial charge in [-0.25, -0.2) is 19.9 Å². The first-order valence-corrected chi connectivity index (χ1v) is 13.1. The van der Waals surface area contributed by atoms with Gasteiger partial charge < -0.3 is 20.5 Å². The van der Waals surface area contributed by atoms with Crippen LogP contribution in [0.15, 0.2) is 43.0 Å². The molecule has 4 aromatic rings. The number of nitrogens with zero attached hydrogens (tertiary/aromatic N) is 6. The first-order chi connectivity index (χ1) is 19.1. The number of rotatable bonds is 5. The lowest BCUT2D eigenvalue weighted by Gasteiger charge is -2.50. The largest absolute Gasteiger partial charge is 0.434 e. The number of alkyl halides is 2. The Kier molecular flexibility index (Phi) is 5.30. The Morgan fingerprint density at radius 3 is 2.60 bits per heavy atom. The van der Waals surface area contributed by atoms with Crippen molar-refractivity contribution in [2.75, 3.05) is 13.7 Å². The maximum Gasteiger partial charge on any atom is 0.387 e. The monoisotopic (exact) mass is 547 g/mol. The number of aliphatic hydroxyl groups excluding tert-OH is 1. The fourth-order valence-corrected chi connectivity index (χ4v) is 6.85. The van der Waals surface area contributed by atoms with E-state index >= 15 is 0 Å². The van der Waals surface area contributed by atoms with E-state index in [1.54, 1.807) is 42.7 Å². The van der Waals surface area contributed by atoms with E-state index in [2.05, 4.69) is 15.0 Å². The van der Waals surface area contributed by atoms with Crippen molar-refractivity contribution in [3.05, 3.63) is 71.3 Å². The van der Waals surface area contributed by atoms with Crippen LogP contribution in [0.2, 0.25) is 0 Å². The second-order valence-corrected chi connectivity index (χ2v) is 11.5. The molecule has 1 fully saturated rings. The Balaban J connectivity index is 1.30. The number of carbonyl (C=O) groups is 1. The summed E-state index contributed by atoms with van der Waals surface area (Å²) in [6.07, 6.45) is 8.65. The molecule has 206 valence electrons. The number of hydrogen-bond acceptors (Lipinski definition) is 8. The average molecular weight is 548 g/mol. The molecule has 2 aliphatic carbocycles. The van der Waals surface area contributed by atoms with Gasteiger partial charge in [0.1, 0.15) is 11.6 Å². The molecule has 1 aromatic carbocycles. The second kappa shape index (κ2) is 8.48. The Morgan fingerprint density at radius 1 is 1.18 bits per heavy atom. The van der Waals surface area contributed by atoms with E-state index in [9.17, 15) is 18.7 Å². The van der Waals surface area contributed by atoms with Crippen LogP contribution in [0.25, 0.3) is 16.9 Å². The van der Waals surface area contributed by atoms with Crippen molar-refractivity contribution < 1.29 is 23.4 Å². The molecule has 7 rings (SSSR count). The highest BCUT2D eigenvalue weighted by Crippen LogP contribution is 2.53. The quantitative estimate of drug-likeness (QED) is 0.389. The lowest BCUT2D eigenvalue weighted by atomic mass is 9.58. The number of aromatic nitrogens is 5. The SMILES string of the molecule is CN1C(=O)c2cccc(OC(F)F)c2C2CC1c1nc3ncc(-c4cnc(C5(N)CC(C)(CO)C5)nc4)cn3c12. The summed E-state index contributed by atoms with van der Waals surface area (Å²) < 4.78 is 33.4. The van der Waals surface area contributed by atoms with Gasteiger partial charge in [0.25, 0.3) is 5.91 Å². The minimum absolute atomic E-state index is 0.0141. The van der Waals surface area contributed by atoms with Crippen molar-refractivity contribution in [1.82, 2.24) is 29.2 Å². The van der Waals surface area contributed by atoms with E-state index < -0.39 is 18.1 Å². The number of ether oxygens (including phenoxy) is 1. The molecule has 40 heavy (non-hydrogen) atoms. The molecule has 2 bridgehead atoms. The van der Waals surface area contributed by atoms with Crippen LogP contribution in [0.1, 0.15) is 71.3 Å². The Hall–Kier alpha value is -4.03. The predicted molar refractivity (Wildman–Crippen MR) is 139 cm³/mol. The number of benzene rings is 1. The summed E-state index contributed by atoms with van der Waals surface area (Å²) in [5, 5.41) is 9.59. The number of carbonyl (C=O) groups excluding carboxylic acids is 1. The molecule has 3 aromatic heterocycles. The minimum atomic E-state index is -3.03. The molecule has 1 saturated carbocycles. The standard InChI is InChI=1S/C28H27F2N7O3/c1-27(13-38)11-28(31,12-27)24-32-7-14(8-33-24)15-9-34-26-35-21-18-6-17(22(21)37(26)10-15)20-16(23(39)36(18)2)4-3-5-19(20)40-25(29)30/h3-5,7-10,17-18,25,38H,6,11-13,31H2,1-2H3. The predicted octanol–water partition coefficient (Wildman–Crippen LogP) is 3.40. The van der Waals surface area contributed by atoms with Crippen LogP contribution in [0.4, 0.5) is 8.78 Å². The third-order valence-electron chi connectivity index (χ3n) is 8.60. The van der Waals surface area contributed by atoms with E-state index in [-0.39, 0.29) is 29.7 Å². The van der Waals surface area contributed by atoms with E-state index in [0.29, 0.717) is 47.7 Å². The lowest BCUT2D eigenvalue weighted by Crippen LogP contribution is -2.56. The van der Waals surface area contributed by atoms with Crippen molar-refractivity contribution >= 4 is 11.7 Å². The van der Waals surface area contributed by atoms with Gasteiger partial charge in [-0.3, -0.25) is 9.20 Å². The van der Waals surface area contributed by atoms with Crippen LogP contribution in [-0.2, 0) is 5.54 Å².